The van der Waals surface area contributed by atoms with Gasteiger partial charge in [-0.15, -0.1) is 5.69 Å². The lowest BCUT2D eigenvalue weighted by Crippen LogP contribution is -2.24. The van der Waals surface area contributed by atoms with E-state index in [9.17, 15) is 15.0 Å². The molecular formula is C36H32N3O3-. The van der Waals surface area contributed by atoms with Gasteiger partial charge in [0.15, 0.2) is 11.5 Å². The third-order valence-electron chi connectivity index (χ3n) is 7.07. The number of fused-ring (bicyclic) bond motifs is 1. The molecule has 0 saturated carbocycles. The van der Waals surface area contributed by atoms with Crippen LogP contribution in [0, 0.1) is 5.41 Å². The minimum absolute atomic E-state index is 0.132. The molecule has 4 aromatic carbocycles. The number of benzene rings is 4. The zero-order valence-corrected chi connectivity index (χ0v) is 23.4. The van der Waals surface area contributed by atoms with E-state index in [1.54, 1.807) is 37.3 Å². The van der Waals surface area contributed by atoms with Crippen LogP contribution in [-0.4, -0.2) is 28.4 Å². The van der Waals surface area contributed by atoms with Crippen LogP contribution < -0.4 is 4.90 Å². The lowest BCUT2D eigenvalue weighted by molar-refractivity contribution is -0.111. The number of amides is 1. The minimum atomic E-state index is -0.430. The lowest BCUT2D eigenvalue weighted by atomic mass is 9.98. The van der Waals surface area contributed by atoms with Gasteiger partial charge in [0.1, 0.15) is 0 Å². The molecule has 6 heteroatoms. The molecule has 1 aliphatic rings. The van der Waals surface area contributed by atoms with Gasteiger partial charge in [-0.25, -0.2) is 0 Å². The molecule has 210 valence electrons. The molecule has 1 heterocycles. The Bertz CT molecular complexity index is 1690. The predicted molar refractivity (Wildman–Crippen MR) is 172 cm³/mol. The van der Waals surface area contributed by atoms with Gasteiger partial charge in [-0.05, 0) is 78.4 Å². The number of hydrogen-bond donors (Lipinski definition) is 3. The van der Waals surface area contributed by atoms with Gasteiger partial charge in [0.05, 0.1) is 5.91 Å². The molecule has 1 amide bonds. The fourth-order valence-corrected chi connectivity index (χ4v) is 4.88. The van der Waals surface area contributed by atoms with Crippen molar-refractivity contribution in [1.29, 1.82) is 5.41 Å². The number of carbonyl (C=O) groups excluding carboxylic acids is 1. The molecule has 0 aliphatic carbocycles. The molecule has 3 N–H and O–H groups in total. The largest absolute Gasteiger partial charge is 0.623 e. The van der Waals surface area contributed by atoms with Gasteiger partial charge in [-0.3, -0.25) is 0 Å². The molecule has 4 aromatic rings. The molecule has 42 heavy (non-hydrogen) atoms. The molecule has 5 rings (SSSR count). The molecular weight excluding hydrogens is 522 g/mol. The van der Waals surface area contributed by atoms with Crippen molar-refractivity contribution in [3.8, 4) is 11.5 Å². The molecule has 0 unspecified atom stereocenters. The summed E-state index contributed by atoms with van der Waals surface area (Å²) in [5.41, 5.74) is 7.44. The summed E-state index contributed by atoms with van der Waals surface area (Å²) in [6.45, 7) is 2.53. The van der Waals surface area contributed by atoms with Gasteiger partial charge in [0, 0.05) is 29.2 Å². The summed E-state index contributed by atoms with van der Waals surface area (Å²) in [6, 6.07) is 28.5. The number of nitrogens with zero attached hydrogens (tertiary/aromatic N) is 2. The molecule has 0 saturated heterocycles. The number of allylic oxidation sites excluding steroid dienone is 2. The highest BCUT2D eigenvalue weighted by Crippen LogP contribution is 2.35. The number of nitrogens with one attached hydrogen (secondary N) is 1. The third kappa shape index (κ3) is 6.85. The fraction of sp³-hybridized carbons (Fsp3) is 0.111. The highest BCUT2D eigenvalue weighted by Gasteiger charge is 2.18. The first-order valence-corrected chi connectivity index (χ1v) is 13.8. The second-order valence-electron chi connectivity index (χ2n) is 10.1. The predicted octanol–water partition coefficient (Wildman–Crippen LogP) is 8.56. The van der Waals surface area contributed by atoms with Crippen LogP contribution in [0.3, 0.4) is 0 Å². The van der Waals surface area contributed by atoms with Crippen molar-refractivity contribution >= 4 is 46.9 Å². The zero-order chi connectivity index (χ0) is 29.5. The second kappa shape index (κ2) is 12.9. The van der Waals surface area contributed by atoms with Crippen LogP contribution in [0.1, 0.15) is 35.6 Å². The summed E-state index contributed by atoms with van der Waals surface area (Å²) in [7, 11) is 0. The smallest absolute Gasteiger partial charge is 0.157 e. The maximum atomic E-state index is 12.7. The lowest BCUT2D eigenvalue weighted by Gasteiger charge is -2.31. The molecule has 6 nitrogen and oxygen atoms in total. The Morgan fingerprint density at radius 3 is 2.26 bits per heavy atom. The number of aromatic hydroxyl groups is 2. The number of para-hydroxylation sites is 1. The third-order valence-corrected chi connectivity index (χ3v) is 7.07. The molecule has 0 bridgehead atoms. The van der Waals surface area contributed by atoms with Gasteiger partial charge in [-0.1, -0.05) is 85.0 Å². The van der Waals surface area contributed by atoms with Crippen molar-refractivity contribution in [2.75, 3.05) is 11.4 Å². The highest BCUT2D eigenvalue weighted by atomic mass is 16.3. The van der Waals surface area contributed by atoms with Crippen molar-refractivity contribution in [1.82, 2.24) is 0 Å². The average molecular weight is 555 g/mol. The van der Waals surface area contributed by atoms with Crippen LogP contribution in [0.2, 0.25) is 0 Å². The Morgan fingerprint density at radius 2 is 1.52 bits per heavy atom. The van der Waals surface area contributed by atoms with Crippen LogP contribution in [0.15, 0.2) is 109 Å². The number of phenolic OH excluding ortho intramolecular Hbond substituents is 2. The fourth-order valence-electron chi connectivity index (χ4n) is 4.88. The summed E-state index contributed by atoms with van der Waals surface area (Å²) in [5.74, 6) is -0.698. The summed E-state index contributed by atoms with van der Waals surface area (Å²) in [6.07, 6.45) is 11.3. The summed E-state index contributed by atoms with van der Waals surface area (Å²) < 4.78 is 0. The number of carbonyl (C=O) groups is 1. The first-order valence-electron chi connectivity index (χ1n) is 13.8. The normalized spacial score (nSPS) is 13.4. The van der Waals surface area contributed by atoms with Crippen molar-refractivity contribution in [3.05, 3.63) is 136 Å². The van der Waals surface area contributed by atoms with E-state index in [0.29, 0.717) is 5.69 Å². The molecule has 1 aliphatic heterocycles. The maximum absolute atomic E-state index is 12.7. The van der Waals surface area contributed by atoms with Gasteiger partial charge >= 0.3 is 0 Å². The first-order chi connectivity index (χ1) is 20.4. The van der Waals surface area contributed by atoms with Crippen molar-refractivity contribution in [3.63, 3.8) is 0 Å². The highest BCUT2D eigenvalue weighted by molar-refractivity contribution is 6.26. The van der Waals surface area contributed by atoms with E-state index in [1.807, 2.05) is 36.4 Å². The summed E-state index contributed by atoms with van der Waals surface area (Å²) in [5, 5.41) is 31.4. The minimum Gasteiger partial charge on any atom is -0.623 e. The standard InChI is InChI=1S/C36H33N3O3/c1-25(37)32(36(42)38-30-9-3-2-4-10-30)11-5-7-27-16-20-33-29(23-27)8-6-22-39(33)31-18-14-26(15-19-31)12-13-28-17-21-34(40)35(41)24-28/h2-5,7,9-21,23-24,37H,6,8,22H2,1H3,(H3,38,40,41,42)/p-1/b7-5+,13-12+,32-11-,37-25?. The number of anilines is 2. The molecule has 0 atom stereocenters. The number of hydrogen-bond acceptors (Lipinski definition) is 5. The topological polar surface area (TPSA) is 98.7 Å². The zero-order valence-electron chi connectivity index (χ0n) is 23.4. The van der Waals surface area contributed by atoms with E-state index < -0.39 is 5.91 Å². The second-order valence-corrected chi connectivity index (χ2v) is 10.1. The van der Waals surface area contributed by atoms with Crippen LogP contribution >= 0.6 is 0 Å². The van der Waals surface area contributed by atoms with Crippen LogP contribution in [-0.2, 0) is 11.2 Å². The molecule has 0 spiro atoms. The Kier molecular flexibility index (Phi) is 8.64. The van der Waals surface area contributed by atoms with E-state index in [-0.39, 0.29) is 22.8 Å². The van der Waals surface area contributed by atoms with E-state index in [4.69, 9.17) is 5.41 Å². The Balaban J connectivity index is 1.28. The van der Waals surface area contributed by atoms with Gasteiger partial charge in [-0.2, -0.15) is 0 Å². The summed E-state index contributed by atoms with van der Waals surface area (Å²) in [4.78, 5) is 15.0. The van der Waals surface area contributed by atoms with E-state index in [0.717, 1.165) is 41.8 Å². The maximum Gasteiger partial charge on any atom is 0.157 e. The molecule has 0 fully saturated rings. The SMILES string of the molecule is CC(=N)/C(=C/C=C/c1ccc2c(c1)CCCN2c1ccc(/C=C/c2ccc(O)c(O)c2)cc1)C(=O)[N-]c1ccccc1. The summed E-state index contributed by atoms with van der Waals surface area (Å²) >= 11 is 0. The van der Waals surface area contributed by atoms with E-state index >= 15 is 0 Å². The monoisotopic (exact) mass is 554 g/mol. The number of phenols is 2. The van der Waals surface area contributed by atoms with Gasteiger partial charge in [0.2, 0.25) is 0 Å². The van der Waals surface area contributed by atoms with Gasteiger partial charge < -0.3 is 30.6 Å². The van der Waals surface area contributed by atoms with Crippen LogP contribution in [0.4, 0.5) is 17.1 Å². The van der Waals surface area contributed by atoms with Crippen LogP contribution in [0.25, 0.3) is 23.5 Å². The van der Waals surface area contributed by atoms with Crippen molar-refractivity contribution in [2.45, 2.75) is 19.8 Å². The number of rotatable bonds is 8. The quantitative estimate of drug-likeness (QED) is 0.0668. The van der Waals surface area contributed by atoms with Gasteiger partial charge in [0.25, 0.3) is 0 Å². The molecule has 0 radical (unpaired) electrons. The average Bonchev–Trinajstić information content (AvgIpc) is 3.00. The van der Waals surface area contributed by atoms with E-state index in [1.165, 1.54) is 23.4 Å². The molecule has 0 aromatic heterocycles. The van der Waals surface area contributed by atoms with E-state index in [2.05, 4.69) is 52.7 Å². The Morgan fingerprint density at radius 1 is 0.833 bits per heavy atom. The van der Waals surface area contributed by atoms with Crippen molar-refractivity contribution < 1.29 is 15.0 Å². The Labute approximate surface area is 246 Å². The van der Waals surface area contributed by atoms with Crippen molar-refractivity contribution in [2.24, 2.45) is 0 Å². The first kappa shape index (κ1) is 28.2. The Hall–Kier alpha value is -5.36. The number of aryl methyl sites for hydroxylation is 1. The van der Waals surface area contributed by atoms with Crippen LogP contribution in [0.5, 0.6) is 11.5 Å².